The van der Waals surface area contributed by atoms with Crippen molar-refractivity contribution in [3.63, 3.8) is 0 Å². The molecule has 9 heteroatoms. The quantitative estimate of drug-likeness (QED) is 0.728. The average Bonchev–Trinajstić information content (AvgIpc) is 3.31. The van der Waals surface area contributed by atoms with Crippen molar-refractivity contribution in [3.05, 3.63) is 17.5 Å². The number of rotatable bonds is 7. The van der Waals surface area contributed by atoms with E-state index in [1.165, 1.54) is 4.31 Å². The Morgan fingerprint density at radius 2 is 2.20 bits per heavy atom. The van der Waals surface area contributed by atoms with E-state index in [2.05, 4.69) is 10.5 Å². The molecule has 2 unspecified atom stereocenters. The van der Waals surface area contributed by atoms with Gasteiger partial charge in [-0.2, -0.15) is 0 Å². The third kappa shape index (κ3) is 4.39. The molecule has 3 N–H and O–H groups in total. The third-order valence-corrected chi connectivity index (χ3v) is 6.85. The van der Waals surface area contributed by atoms with E-state index in [4.69, 9.17) is 10.3 Å². The summed E-state index contributed by atoms with van der Waals surface area (Å²) in [5, 5.41) is 6.82. The van der Waals surface area contributed by atoms with Crippen LogP contribution in [0.5, 0.6) is 0 Å². The second kappa shape index (κ2) is 7.43. The van der Waals surface area contributed by atoms with Gasteiger partial charge in [-0.25, -0.2) is 12.7 Å². The van der Waals surface area contributed by atoms with Gasteiger partial charge >= 0.3 is 0 Å². The largest absolute Gasteiger partial charge is 0.360 e. The molecule has 0 spiro atoms. The first-order chi connectivity index (χ1) is 11.9. The van der Waals surface area contributed by atoms with Gasteiger partial charge in [0, 0.05) is 31.1 Å². The Labute approximate surface area is 148 Å². The lowest BCUT2D eigenvalue weighted by Gasteiger charge is -2.36. The van der Waals surface area contributed by atoms with Crippen molar-refractivity contribution in [3.8, 4) is 0 Å². The van der Waals surface area contributed by atoms with Gasteiger partial charge in [0.15, 0.2) is 5.69 Å². The minimum absolute atomic E-state index is 0.0279. The maximum atomic E-state index is 12.4. The zero-order chi connectivity index (χ0) is 18.0. The number of nitrogens with one attached hydrogen (secondary N) is 1. The normalized spacial score (nSPS) is 25.0. The van der Waals surface area contributed by atoms with Crippen LogP contribution >= 0.6 is 0 Å². The van der Waals surface area contributed by atoms with Crippen molar-refractivity contribution in [1.82, 2.24) is 14.8 Å². The highest BCUT2D eigenvalue weighted by Crippen LogP contribution is 2.40. The molecule has 0 aromatic carbocycles. The topological polar surface area (TPSA) is 119 Å². The molecule has 1 aromatic heterocycles. The second-order valence-electron chi connectivity index (χ2n) is 7.05. The number of carbonyl (C=O) groups is 1. The number of nitrogens with zero attached hydrogens (tertiary/aromatic N) is 2. The Balaban J connectivity index is 1.55. The van der Waals surface area contributed by atoms with E-state index in [0.29, 0.717) is 44.1 Å². The summed E-state index contributed by atoms with van der Waals surface area (Å²) in [7, 11) is -3.27. The predicted octanol–water partition coefficient (Wildman–Crippen LogP) is 0.671. The molecule has 2 atom stereocenters. The van der Waals surface area contributed by atoms with Gasteiger partial charge in [0.2, 0.25) is 10.0 Å². The number of amides is 1. The van der Waals surface area contributed by atoms with Crippen LogP contribution < -0.4 is 11.1 Å². The number of hydrogen-bond donors (Lipinski definition) is 2. The zero-order valence-corrected chi connectivity index (χ0v) is 15.3. The van der Waals surface area contributed by atoms with Gasteiger partial charge in [0.05, 0.1) is 5.75 Å². The fraction of sp³-hybridized carbons (Fsp3) is 0.750. The maximum Gasteiger partial charge on any atom is 0.273 e. The summed E-state index contributed by atoms with van der Waals surface area (Å²) in [6.07, 6.45) is 3.22. The van der Waals surface area contributed by atoms with Gasteiger partial charge < -0.3 is 15.6 Å². The molecule has 8 nitrogen and oxygen atoms in total. The van der Waals surface area contributed by atoms with Crippen LogP contribution in [0.2, 0.25) is 0 Å². The van der Waals surface area contributed by atoms with Crippen LogP contribution in [-0.2, 0) is 10.0 Å². The Kier molecular flexibility index (Phi) is 5.45. The van der Waals surface area contributed by atoms with E-state index < -0.39 is 10.0 Å². The number of piperidine rings is 1. The van der Waals surface area contributed by atoms with Crippen LogP contribution in [0.3, 0.4) is 0 Å². The van der Waals surface area contributed by atoms with E-state index in [0.717, 1.165) is 18.6 Å². The van der Waals surface area contributed by atoms with Crippen LogP contribution in [0.1, 0.15) is 54.8 Å². The maximum absolute atomic E-state index is 12.4. The predicted molar refractivity (Wildman–Crippen MR) is 92.5 cm³/mol. The molecule has 2 heterocycles. The minimum Gasteiger partial charge on any atom is -0.360 e. The van der Waals surface area contributed by atoms with Crippen LogP contribution in [0.15, 0.2) is 10.6 Å². The fourth-order valence-corrected chi connectivity index (χ4v) is 4.80. The Morgan fingerprint density at radius 1 is 1.44 bits per heavy atom. The molecule has 1 saturated carbocycles. The summed E-state index contributed by atoms with van der Waals surface area (Å²) < 4.78 is 31.3. The van der Waals surface area contributed by atoms with Gasteiger partial charge in [-0.05, 0) is 38.1 Å². The zero-order valence-electron chi connectivity index (χ0n) is 14.5. The van der Waals surface area contributed by atoms with Crippen LogP contribution in [-0.4, -0.2) is 55.2 Å². The standard InChI is InChI=1S/C16H26N4O4S/c1-11-10-20(25(22,23)8-2-6-17)7-5-13(11)18-16(21)14-9-15(24-19-14)12-3-4-12/h9,11-13H,2-8,10,17H2,1H3,(H,18,21). The van der Waals surface area contributed by atoms with Crippen LogP contribution in [0.4, 0.5) is 0 Å². The molecule has 0 radical (unpaired) electrons. The van der Waals surface area contributed by atoms with Crippen molar-refractivity contribution >= 4 is 15.9 Å². The summed E-state index contributed by atoms with van der Waals surface area (Å²) in [6.45, 7) is 3.13. The first-order valence-electron chi connectivity index (χ1n) is 8.86. The minimum atomic E-state index is -3.27. The van der Waals surface area contributed by atoms with Gasteiger partial charge in [-0.3, -0.25) is 4.79 Å². The highest BCUT2D eigenvalue weighted by molar-refractivity contribution is 7.89. The molecule has 2 fully saturated rings. The van der Waals surface area contributed by atoms with Crippen molar-refractivity contribution in [2.24, 2.45) is 11.7 Å². The second-order valence-corrected chi connectivity index (χ2v) is 9.14. The molecule has 1 aromatic rings. The summed E-state index contributed by atoms with van der Waals surface area (Å²) in [5.41, 5.74) is 5.70. The summed E-state index contributed by atoms with van der Waals surface area (Å²) in [6, 6.07) is 1.64. The Hall–Kier alpha value is -1.45. The fourth-order valence-electron chi connectivity index (χ4n) is 3.17. The van der Waals surface area contributed by atoms with Crippen LogP contribution in [0.25, 0.3) is 0 Å². The smallest absolute Gasteiger partial charge is 0.273 e. The Bertz CT molecular complexity index is 713. The van der Waals surface area contributed by atoms with Gasteiger partial charge in [-0.15, -0.1) is 0 Å². The third-order valence-electron chi connectivity index (χ3n) is 4.93. The molecular weight excluding hydrogens is 344 g/mol. The lowest BCUT2D eigenvalue weighted by Crippen LogP contribution is -2.52. The van der Waals surface area contributed by atoms with E-state index >= 15 is 0 Å². The first kappa shape index (κ1) is 18.3. The SMILES string of the molecule is CC1CN(S(=O)(=O)CCCN)CCC1NC(=O)c1cc(C2CC2)on1. The molecule has 1 aliphatic carbocycles. The first-order valence-corrected chi connectivity index (χ1v) is 10.5. The lowest BCUT2D eigenvalue weighted by atomic mass is 9.95. The molecule has 3 rings (SSSR count). The highest BCUT2D eigenvalue weighted by atomic mass is 32.2. The molecule has 0 bridgehead atoms. The van der Waals surface area contributed by atoms with Gasteiger partial charge in [-0.1, -0.05) is 12.1 Å². The van der Waals surface area contributed by atoms with Crippen LogP contribution in [0, 0.1) is 5.92 Å². The number of nitrogens with two attached hydrogens (primary N) is 1. The van der Waals surface area contributed by atoms with Gasteiger partial charge in [0.25, 0.3) is 5.91 Å². The molecule has 1 aliphatic heterocycles. The lowest BCUT2D eigenvalue weighted by molar-refractivity contribution is 0.0892. The molecule has 1 saturated heterocycles. The number of aromatic nitrogens is 1. The van der Waals surface area contributed by atoms with Crippen molar-refractivity contribution in [2.75, 3.05) is 25.4 Å². The number of sulfonamides is 1. The Morgan fingerprint density at radius 3 is 2.84 bits per heavy atom. The van der Waals surface area contributed by atoms with E-state index in [9.17, 15) is 13.2 Å². The molecule has 1 amide bonds. The van der Waals surface area contributed by atoms with Crippen molar-refractivity contribution in [2.45, 2.75) is 44.6 Å². The summed E-state index contributed by atoms with van der Waals surface area (Å²) in [4.78, 5) is 12.4. The van der Waals surface area contributed by atoms with E-state index in [1.807, 2.05) is 6.92 Å². The summed E-state index contributed by atoms with van der Waals surface area (Å²) >= 11 is 0. The molecular formula is C16H26N4O4S. The van der Waals surface area contributed by atoms with Crippen molar-refractivity contribution < 1.29 is 17.7 Å². The molecule has 140 valence electrons. The van der Waals surface area contributed by atoms with Gasteiger partial charge in [0.1, 0.15) is 5.76 Å². The number of hydrogen-bond acceptors (Lipinski definition) is 6. The average molecular weight is 370 g/mol. The van der Waals surface area contributed by atoms with E-state index in [1.54, 1.807) is 6.07 Å². The monoisotopic (exact) mass is 370 g/mol. The van der Waals surface area contributed by atoms with E-state index in [-0.39, 0.29) is 23.6 Å². The highest BCUT2D eigenvalue weighted by Gasteiger charge is 2.34. The molecule has 2 aliphatic rings. The molecule has 25 heavy (non-hydrogen) atoms. The van der Waals surface area contributed by atoms with Crippen molar-refractivity contribution in [1.29, 1.82) is 0 Å². The summed E-state index contributed by atoms with van der Waals surface area (Å²) in [5.74, 6) is 1.04. The number of carbonyl (C=O) groups excluding carboxylic acids is 1.